The van der Waals surface area contributed by atoms with Gasteiger partial charge in [-0.2, -0.15) is 0 Å². The van der Waals surface area contributed by atoms with Crippen LogP contribution in [0.3, 0.4) is 0 Å². The van der Waals surface area contributed by atoms with Crippen molar-refractivity contribution in [3.63, 3.8) is 0 Å². The molecule has 8 heteroatoms. The Kier molecular flexibility index (Phi) is 7.50. The number of hydrogen-bond donors (Lipinski definition) is 2. The average molecular weight is 275 g/mol. The van der Waals surface area contributed by atoms with E-state index in [-0.39, 0.29) is 6.10 Å². The summed E-state index contributed by atoms with van der Waals surface area (Å²) in [6.45, 7) is 3.36. The number of ether oxygens (including phenoxy) is 1. The normalized spacial score (nSPS) is 10.3. The number of amides is 3. The van der Waals surface area contributed by atoms with E-state index in [1.807, 2.05) is 13.8 Å². The number of likely N-dealkylation sites (N-methyl/N-ethyl adjacent to an activating group) is 1. The fourth-order valence-electron chi connectivity index (χ4n) is 1.30. The number of rotatable bonds is 8. The van der Waals surface area contributed by atoms with Gasteiger partial charge in [-0.25, -0.2) is 4.79 Å². The number of primary amides is 1. The zero-order valence-corrected chi connectivity index (χ0v) is 11.5. The standard InChI is InChI=1S/C11H21N3O5/c1-8(2)19-5-4-13(3)11(18)14(6-9(12)15)7-10(16)17/h8H,4-7H2,1-3H3,(H2,12,15)(H,16,17). The quantitative estimate of drug-likeness (QED) is 0.610. The van der Waals surface area contributed by atoms with Crippen LogP contribution in [0.4, 0.5) is 4.79 Å². The lowest BCUT2D eigenvalue weighted by Gasteiger charge is -2.26. The van der Waals surface area contributed by atoms with Crippen molar-refractivity contribution >= 4 is 17.9 Å². The highest BCUT2D eigenvalue weighted by atomic mass is 16.5. The van der Waals surface area contributed by atoms with E-state index in [9.17, 15) is 14.4 Å². The summed E-state index contributed by atoms with van der Waals surface area (Å²) in [6.07, 6.45) is 0.0456. The zero-order valence-electron chi connectivity index (χ0n) is 11.5. The molecule has 0 spiro atoms. The molecule has 3 N–H and O–H groups in total. The molecule has 0 aliphatic heterocycles. The van der Waals surface area contributed by atoms with Gasteiger partial charge in [-0.15, -0.1) is 0 Å². The van der Waals surface area contributed by atoms with Crippen LogP contribution >= 0.6 is 0 Å². The maximum absolute atomic E-state index is 11.9. The van der Waals surface area contributed by atoms with Crippen LogP contribution in [0.15, 0.2) is 0 Å². The molecule has 0 aromatic rings. The van der Waals surface area contributed by atoms with E-state index >= 15 is 0 Å². The Morgan fingerprint density at radius 3 is 2.26 bits per heavy atom. The van der Waals surface area contributed by atoms with Gasteiger partial charge >= 0.3 is 12.0 Å². The first-order valence-corrected chi connectivity index (χ1v) is 5.85. The predicted octanol–water partition coefficient (Wildman–Crippen LogP) is -0.665. The maximum Gasteiger partial charge on any atom is 0.323 e. The molecule has 0 radical (unpaired) electrons. The number of carbonyl (C=O) groups excluding carboxylic acids is 2. The SMILES string of the molecule is CC(C)OCCN(C)C(=O)N(CC(N)=O)CC(=O)O. The molecule has 19 heavy (non-hydrogen) atoms. The van der Waals surface area contributed by atoms with Crippen LogP contribution in [0, 0.1) is 0 Å². The van der Waals surface area contributed by atoms with Gasteiger partial charge in [-0.3, -0.25) is 9.59 Å². The number of aliphatic carboxylic acids is 1. The molecule has 0 aliphatic carbocycles. The van der Waals surface area contributed by atoms with E-state index in [4.69, 9.17) is 15.6 Å². The van der Waals surface area contributed by atoms with Crippen molar-refractivity contribution in [2.75, 3.05) is 33.3 Å². The third-order valence-electron chi connectivity index (χ3n) is 2.15. The van der Waals surface area contributed by atoms with E-state index in [1.165, 1.54) is 11.9 Å². The fourth-order valence-corrected chi connectivity index (χ4v) is 1.30. The van der Waals surface area contributed by atoms with E-state index in [0.717, 1.165) is 4.90 Å². The van der Waals surface area contributed by atoms with Gasteiger partial charge in [0.2, 0.25) is 5.91 Å². The molecule has 0 fully saturated rings. The number of nitrogens with zero attached hydrogens (tertiary/aromatic N) is 2. The lowest BCUT2D eigenvalue weighted by Crippen LogP contribution is -2.48. The molecule has 0 unspecified atom stereocenters. The van der Waals surface area contributed by atoms with Gasteiger partial charge < -0.3 is 25.4 Å². The van der Waals surface area contributed by atoms with Crippen LogP contribution in [-0.4, -0.2) is 72.2 Å². The largest absolute Gasteiger partial charge is 0.480 e. The second-order valence-corrected chi connectivity index (χ2v) is 4.34. The third kappa shape index (κ3) is 7.98. The van der Waals surface area contributed by atoms with Crippen molar-refractivity contribution in [3.8, 4) is 0 Å². The molecule has 3 amide bonds. The molecule has 0 heterocycles. The Morgan fingerprint density at radius 1 is 1.26 bits per heavy atom. The van der Waals surface area contributed by atoms with Gasteiger partial charge in [-0.1, -0.05) is 0 Å². The van der Waals surface area contributed by atoms with Crippen molar-refractivity contribution < 1.29 is 24.2 Å². The molecule has 0 saturated carbocycles. The topological polar surface area (TPSA) is 113 Å². The van der Waals surface area contributed by atoms with E-state index in [2.05, 4.69) is 0 Å². The van der Waals surface area contributed by atoms with Crippen LogP contribution < -0.4 is 5.73 Å². The number of hydrogen-bond acceptors (Lipinski definition) is 4. The summed E-state index contributed by atoms with van der Waals surface area (Å²) in [5.41, 5.74) is 4.98. The van der Waals surface area contributed by atoms with E-state index in [0.29, 0.717) is 13.2 Å². The van der Waals surface area contributed by atoms with Gasteiger partial charge in [-0.05, 0) is 13.8 Å². The first-order valence-electron chi connectivity index (χ1n) is 5.85. The minimum Gasteiger partial charge on any atom is -0.480 e. The summed E-state index contributed by atoms with van der Waals surface area (Å²) in [6, 6.07) is -0.575. The molecule has 8 nitrogen and oxygen atoms in total. The molecular formula is C11H21N3O5. The predicted molar refractivity (Wildman–Crippen MR) is 67.5 cm³/mol. The Morgan fingerprint density at radius 2 is 1.84 bits per heavy atom. The number of nitrogens with two attached hydrogens (primary N) is 1. The second-order valence-electron chi connectivity index (χ2n) is 4.34. The molecule has 0 rings (SSSR count). The lowest BCUT2D eigenvalue weighted by molar-refractivity contribution is -0.138. The molecule has 0 atom stereocenters. The zero-order chi connectivity index (χ0) is 15.0. The molecule has 0 aliphatic rings. The van der Waals surface area contributed by atoms with E-state index < -0.39 is 31.0 Å². The van der Waals surface area contributed by atoms with Gasteiger partial charge in [0.1, 0.15) is 13.1 Å². The van der Waals surface area contributed by atoms with Gasteiger partial charge in [0, 0.05) is 13.6 Å². The highest BCUT2D eigenvalue weighted by Crippen LogP contribution is 1.98. The number of carboxylic acid groups (broad SMARTS) is 1. The maximum atomic E-state index is 11.9. The highest BCUT2D eigenvalue weighted by molar-refractivity contribution is 5.85. The first-order chi connectivity index (χ1) is 8.73. The molecule has 0 aromatic carbocycles. The van der Waals surface area contributed by atoms with Gasteiger partial charge in [0.15, 0.2) is 0 Å². The summed E-state index contributed by atoms with van der Waals surface area (Å²) < 4.78 is 5.28. The Hall–Kier alpha value is -1.83. The molecular weight excluding hydrogens is 254 g/mol. The molecule has 110 valence electrons. The molecule has 0 aromatic heterocycles. The first kappa shape index (κ1) is 17.2. The van der Waals surface area contributed by atoms with Crippen LogP contribution in [0.1, 0.15) is 13.8 Å². The van der Waals surface area contributed by atoms with Crippen LogP contribution in [0.5, 0.6) is 0 Å². The average Bonchev–Trinajstić information content (AvgIpc) is 2.25. The number of carboxylic acids is 1. The van der Waals surface area contributed by atoms with Crippen LogP contribution in [-0.2, 0) is 14.3 Å². The van der Waals surface area contributed by atoms with Gasteiger partial charge in [0.05, 0.1) is 12.7 Å². The number of carbonyl (C=O) groups is 3. The van der Waals surface area contributed by atoms with Crippen molar-refractivity contribution in [1.29, 1.82) is 0 Å². The smallest absolute Gasteiger partial charge is 0.323 e. The third-order valence-corrected chi connectivity index (χ3v) is 2.15. The second kappa shape index (κ2) is 8.30. The van der Waals surface area contributed by atoms with Crippen molar-refractivity contribution in [2.45, 2.75) is 20.0 Å². The van der Waals surface area contributed by atoms with Crippen molar-refractivity contribution in [2.24, 2.45) is 5.73 Å². The summed E-state index contributed by atoms with van der Waals surface area (Å²) in [5.74, 6) is -1.97. The summed E-state index contributed by atoms with van der Waals surface area (Å²) in [5, 5.41) is 8.69. The lowest BCUT2D eigenvalue weighted by atomic mass is 10.4. The number of urea groups is 1. The molecule has 0 bridgehead atoms. The van der Waals surface area contributed by atoms with Crippen LogP contribution in [0.25, 0.3) is 0 Å². The van der Waals surface area contributed by atoms with Crippen molar-refractivity contribution in [3.05, 3.63) is 0 Å². The van der Waals surface area contributed by atoms with Gasteiger partial charge in [0.25, 0.3) is 0 Å². The Balaban J connectivity index is 4.42. The van der Waals surface area contributed by atoms with Crippen LogP contribution in [0.2, 0.25) is 0 Å². The molecule has 0 saturated heterocycles. The monoisotopic (exact) mass is 275 g/mol. The minimum absolute atomic E-state index is 0.0456. The Bertz CT molecular complexity index is 316. The summed E-state index contributed by atoms with van der Waals surface area (Å²) in [7, 11) is 1.50. The summed E-state index contributed by atoms with van der Waals surface area (Å²) in [4.78, 5) is 35.5. The summed E-state index contributed by atoms with van der Waals surface area (Å²) >= 11 is 0. The fraction of sp³-hybridized carbons (Fsp3) is 0.727. The Labute approximate surface area is 112 Å². The minimum atomic E-state index is -1.21. The van der Waals surface area contributed by atoms with Crippen molar-refractivity contribution in [1.82, 2.24) is 9.80 Å². The highest BCUT2D eigenvalue weighted by Gasteiger charge is 2.21. The van der Waals surface area contributed by atoms with E-state index in [1.54, 1.807) is 0 Å².